The van der Waals surface area contributed by atoms with E-state index in [-0.39, 0.29) is 6.04 Å². The van der Waals surface area contributed by atoms with E-state index in [1.54, 1.807) is 11.3 Å². The van der Waals surface area contributed by atoms with E-state index in [1.165, 1.54) is 0 Å². The highest BCUT2D eigenvalue weighted by molar-refractivity contribution is 9.11. The molecular formula is C13H17BrClN3S. The van der Waals surface area contributed by atoms with Crippen LogP contribution in [0.5, 0.6) is 0 Å². The molecule has 0 aliphatic carbocycles. The van der Waals surface area contributed by atoms with Crippen LogP contribution in [0, 0.1) is 0 Å². The Hall–Kier alpha value is -0.360. The molecule has 0 amide bonds. The van der Waals surface area contributed by atoms with Crippen molar-refractivity contribution in [1.82, 2.24) is 9.78 Å². The van der Waals surface area contributed by atoms with E-state index >= 15 is 0 Å². The van der Waals surface area contributed by atoms with E-state index in [0.29, 0.717) is 6.42 Å². The third kappa shape index (κ3) is 3.21. The van der Waals surface area contributed by atoms with Gasteiger partial charge < -0.3 is 5.73 Å². The molecule has 0 radical (unpaired) electrons. The Bertz CT molecular complexity index is 564. The topological polar surface area (TPSA) is 43.8 Å². The number of aryl methyl sites for hydroxylation is 2. The molecule has 0 saturated carbocycles. The van der Waals surface area contributed by atoms with Crippen LogP contribution in [0.15, 0.2) is 15.9 Å². The van der Waals surface area contributed by atoms with Crippen molar-refractivity contribution in [3.05, 3.63) is 37.2 Å². The van der Waals surface area contributed by atoms with E-state index in [2.05, 4.69) is 40.9 Å². The van der Waals surface area contributed by atoms with Crippen LogP contribution in [-0.2, 0) is 19.4 Å². The van der Waals surface area contributed by atoms with Crippen molar-refractivity contribution >= 4 is 38.9 Å². The van der Waals surface area contributed by atoms with Gasteiger partial charge in [-0.05, 0) is 41.4 Å². The zero-order valence-corrected chi connectivity index (χ0v) is 14.1. The van der Waals surface area contributed by atoms with Crippen molar-refractivity contribution in [2.45, 2.75) is 39.3 Å². The third-order valence-electron chi connectivity index (χ3n) is 3.07. The molecule has 0 spiro atoms. The number of rotatable bonds is 5. The summed E-state index contributed by atoms with van der Waals surface area (Å²) in [5.74, 6) is 0. The van der Waals surface area contributed by atoms with Crippen LogP contribution in [0.25, 0.3) is 0 Å². The normalized spacial score (nSPS) is 12.9. The second kappa shape index (κ2) is 6.39. The highest BCUT2D eigenvalue weighted by Crippen LogP contribution is 2.30. The van der Waals surface area contributed by atoms with Crippen LogP contribution >= 0.6 is 38.9 Å². The highest BCUT2D eigenvalue weighted by atomic mass is 79.9. The number of thiophene rings is 1. The van der Waals surface area contributed by atoms with Crippen LogP contribution in [0.4, 0.5) is 0 Å². The molecule has 0 bridgehead atoms. The molecule has 1 unspecified atom stereocenters. The number of halogens is 2. The van der Waals surface area contributed by atoms with Crippen molar-refractivity contribution in [3.8, 4) is 0 Å². The first kappa shape index (κ1) is 15.0. The second-order valence-electron chi connectivity index (χ2n) is 4.33. The predicted octanol–water partition coefficient (Wildman–Crippen LogP) is 4.19. The maximum absolute atomic E-state index is 6.40. The predicted molar refractivity (Wildman–Crippen MR) is 84.9 cm³/mol. The fourth-order valence-corrected chi connectivity index (χ4v) is 3.82. The lowest BCUT2D eigenvalue weighted by Gasteiger charge is -2.11. The molecule has 3 nitrogen and oxygen atoms in total. The Morgan fingerprint density at radius 1 is 1.47 bits per heavy atom. The Kier molecular flexibility index (Phi) is 5.06. The quantitative estimate of drug-likeness (QED) is 0.867. The summed E-state index contributed by atoms with van der Waals surface area (Å²) in [6, 6.07) is 4.04. The van der Waals surface area contributed by atoms with E-state index in [1.807, 2.05) is 10.7 Å². The van der Waals surface area contributed by atoms with Crippen molar-refractivity contribution < 1.29 is 0 Å². The minimum Gasteiger partial charge on any atom is -0.323 e. The van der Waals surface area contributed by atoms with Gasteiger partial charge in [0, 0.05) is 23.9 Å². The summed E-state index contributed by atoms with van der Waals surface area (Å²) in [7, 11) is 0. The van der Waals surface area contributed by atoms with Gasteiger partial charge in [-0.2, -0.15) is 5.10 Å². The summed E-state index contributed by atoms with van der Waals surface area (Å²) in [5, 5.41) is 5.30. The molecule has 0 aliphatic rings. The van der Waals surface area contributed by atoms with Gasteiger partial charge >= 0.3 is 0 Å². The first-order valence-corrected chi connectivity index (χ1v) is 8.30. The average molecular weight is 363 g/mol. The van der Waals surface area contributed by atoms with Crippen LogP contribution in [0.1, 0.15) is 36.2 Å². The second-order valence-corrected chi connectivity index (χ2v) is 7.20. The van der Waals surface area contributed by atoms with Gasteiger partial charge in [-0.25, -0.2) is 0 Å². The lowest BCUT2D eigenvalue weighted by atomic mass is 10.1. The number of hydrogen-bond acceptors (Lipinski definition) is 3. The van der Waals surface area contributed by atoms with E-state index < -0.39 is 0 Å². The van der Waals surface area contributed by atoms with Gasteiger partial charge in [0.1, 0.15) is 0 Å². The van der Waals surface area contributed by atoms with E-state index in [4.69, 9.17) is 17.3 Å². The Morgan fingerprint density at radius 2 is 2.21 bits per heavy atom. The molecule has 0 aromatic carbocycles. The smallest absolute Gasteiger partial charge is 0.0850 e. The molecule has 1 atom stereocenters. The highest BCUT2D eigenvalue weighted by Gasteiger charge is 2.18. The van der Waals surface area contributed by atoms with E-state index in [9.17, 15) is 0 Å². The molecule has 2 aromatic rings. The SMILES string of the molecule is CCc1nn(CC)c(CC(N)c2ccc(Br)s2)c1Cl. The Morgan fingerprint density at radius 3 is 2.74 bits per heavy atom. The lowest BCUT2D eigenvalue weighted by molar-refractivity contribution is 0.588. The zero-order valence-electron chi connectivity index (χ0n) is 11.0. The van der Waals surface area contributed by atoms with E-state index in [0.717, 1.165) is 38.0 Å². The summed E-state index contributed by atoms with van der Waals surface area (Å²) in [4.78, 5) is 1.16. The summed E-state index contributed by atoms with van der Waals surface area (Å²) in [6.45, 7) is 4.95. The molecule has 2 rings (SSSR count). The zero-order chi connectivity index (χ0) is 14.0. The van der Waals surface area contributed by atoms with Crippen LogP contribution in [0.2, 0.25) is 5.02 Å². The van der Waals surface area contributed by atoms with Gasteiger partial charge in [-0.15, -0.1) is 11.3 Å². The monoisotopic (exact) mass is 361 g/mol. The van der Waals surface area contributed by atoms with Crippen LogP contribution in [0.3, 0.4) is 0 Å². The number of hydrogen-bond donors (Lipinski definition) is 1. The standard InChI is InChI=1S/C13H17BrClN3S/c1-3-9-13(15)10(18(4-2)17-9)7-8(16)11-5-6-12(14)19-11/h5-6,8H,3-4,7,16H2,1-2H3. The molecule has 6 heteroatoms. The molecule has 19 heavy (non-hydrogen) atoms. The fourth-order valence-electron chi connectivity index (χ4n) is 2.05. The van der Waals surface area contributed by atoms with Gasteiger partial charge in [0.05, 0.1) is 20.2 Å². The third-order valence-corrected chi connectivity index (χ3v) is 5.26. The first-order valence-electron chi connectivity index (χ1n) is 6.31. The van der Waals surface area contributed by atoms with Gasteiger partial charge in [0.25, 0.3) is 0 Å². The minimum atomic E-state index is -0.0412. The molecule has 2 heterocycles. The Balaban J connectivity index is 2.25. The molecule has 0 saturated heterocycles. The van der Waals surface area contributed by atoms with Gasteiger partial charge in [-0.3, -0.25) is 4.68 Å². The van der Waals surface area contributed by atoms with Crippen LogP contribution < -0.4 is 5.73 Å². The number of nitrogens with zero attached hydrogens (tertiary/aromatic N) is 2. The molecular weight excluding hydrogens is 346 g/mol. The molecule has 2 N–H and O–H groups in total. The largest absolute Gasteiger partial charge is 0.323 e. The minimum absolute atomic E-state index is 0.0412. The maximum Gasteiger partial charge on any atom is 0.0850 e. The number of aromatic nitrogens is 2. The van der Waals surface area contributed by atoms with Crippen molar-refractivity contribution in [2.24, 2.45) is 5.73 Å². The number of nitrogens with two attached hydrogens (primary N) is 1. The average Bonchev–Trinajstić information content (AvgIpc) is 2.95. The molecule has 104 valence electrons. The van der Waals surface area contributed by atoms with Crippen molar-refractivity contribution in [1.29, 1.82) is 0 Å². The first-order chi connectivity index (χ1) is 9.06. The summed E-state index contributed by atoms with van der Waals surface area (Å²) >= 11 is 11.5. The van der Waals surface area contributed by atoms with Crippen molar-refractivity contribution in [3.63, 3.8) is 0 Å². The van der Waals surface area contributed by atoms with Crippen LogP contribution in [-0.4, -0.2) is 9.78 Å². The molecule has 0 fully saturated rings. The van der Waals surface area contributed by atoms with Gasteiger partial charge in [0.15, 0.2) is 0 Å². The summed E-state index contributed by atoms with van der Waals surface area (Å²) in [5.41, 5.74) is 8.27. The summed E-state index contributed by atoms with van der Waals surface area (Å²) in [6.07, 6.45) is 1.56. The lowest BCUT2D eigenvalue weighted by Crippen LogP contribution is -2.15. The summed E-state index contributed by atoms with van der Waals surface area (Å²) < 4.78 is 3.06. The van der Waals surface area contributed by atoms with Crippen molar-refractivity contribution in [2.75, 3.05) is 0 Å². The van der Waals surface area contributed by atoms with Gasteiger partial charge in [-0.1, -0.05) is 18.5 Å². The Labute approximate surface area is 130 Å². The maximum atomic E-state index is 6.40. The fraction of sp³-hybridized carbons (Fsp3) is 0.462. The molecule has 2 aromatic heterocycles. The van der Waals surface area contributed by atoms with Gasteiger partial charge in [0.2, 0.25) is 0 Å². The molecule has 0 aliphatic heterocycles.